The van der Waals surface area contributed by atoms with Gasteiger partial charge in [0.1, 0.15) is 0 Å². The smallest absolute Gasteiger partial charge is 0.269 e. The van der Waals surface area contributed by atoms with Gasteiger partial charge in [0.15, 0.2) is 10.7 Å². The largest absolute Gasteiger partial charge is 0.433 e. The average Bonchev–Trinajstić information content (AvgIpc) is 2.52. The van der Waals surface area contributed by atoms with Crippen LogP contribution >= 0.6 is 11.3 Å². The van der Waals surface area contributed by atoms with Crippen LogP contribution in [0.5, 0.6) is 0 Å². The molecule has 0 N–H and O–H groups in total. The molecule has 16 heavy (non-hydrogen) atoms. The van der Waals surface area contributed by atoms with Gasteiger partial charge in [-0.1, -0.05) is 0 Å². The van der Waals surface area contributed by atoms with Crippen molar-refractivity contribution in [2.45, 2.75) is 20.0 Å². The molecule has 0 aliphatic rings. The lowest BCUT2D eigenvalue weighted by Crippen LogP contribution is -2.24. The number of fused-ring (bicyclic) bond motifs is 1. The van der Waals surface area contributed by atoms with E-state index in [1.807, 2.05) is 0 Å². The summed E-state index contributed by atoms with van der Waals surface area (Å²) in [5, 5.41) is 1.60. The van der Waals surface area contributed by atoms with Crippen LogP contribution < -0.4 is 5.56 Å². The van der Waals surface area contributed by atoms with E-state index < -0.39 is 17.4 Å². The predicted molar refractivity (Wildman–Crippen MR) is 53.8 cm³/mol. The third-order valence-electron chi connectivity index (χ3n) is 2.23. The Morgan fingerprint density at radius 2 is 2.00 bits per heavy atom. The molecule has 0 radical (unpaired) electrons. The van der Waals surface area contributed by atoms with Gasteiger partial charge >= 0.3 is 6.18 Å². The van der Waals surface area contributed by atoms with E-state index in [0.717, 1.165) is 18.3 Å². The molecule has 2 rings (SSSR count). The second-order valence-corrected chi connectivity index (χ2v) is 4.22. The summed E-state index contributed by atoms with van der Waals surface area (Å²) in [6.45, 7) is 2.79. The highest BCUT2D eigenvalue weighted by atomic mass is 32.1. The lowest BCUT2D eigenvalue weighted by molar-refractivity contribution is -0.141. The van der Waals surface area contributed by atoms with Gasteiger partial charge in [0, 0.05) is 16.6 Å². The highest BCUT2D eigenvalue weighted by Gasteiger charge is 2.36. The molecular weight excluding hydrogens is 241 g/mol. The van der Waals surface area contributed by atoms with Crippen LogP contribution in [0.2, 0.25) is 0 Å². The van der Waals surface area contributed by atoms with Gasteiger partial charge in [-0.15, -0.1) is 11.3 Å². The number of halogens is 3. The highest BCUT2D eigenvalue weighted by molar-refractivity contribution is 7.15. The molecule has 7 heteroatoms. The van der Waals surface area contributed by atoms with Crippen LogP contribution in [0, 0.1) is 13.8 Å². The Kier molecular flexibility index (Phi) is 2.30. The zero-order chi connectivity index (χ0) is 12.1. The molecule has 0 amide bonds. The summed E-state index contributed by atoms with van der Waals surface area (Å²) >= 11 is 1.02. The molecule has 0 spiro atoms. The number of nitrogens with zero attached hydrogens (tertiary/aromatic N) is 2. The fraction of sp³-hybridized carbons (Fsp3) is 0.333. The van der Waals surface area contributed by atoms with Crippen molar-refractivity contribution >= 4 is 16.3 Å². The lowest BCUT2D eigenvalue weighted by atomic mass is 10.2. The molecule has 0 aliphatic heterocycles. The lowest BCUT2D eigenvalue weighted by Gasteiger charge is -2.08. The first-order valence-corrected chi connectivity index (χ1v) is 5.25. The van der Waals surface area contributed by atoms with Gasteiger partial charge in [-0.2, -0.15) is 13.2 Å². The van der Waals surface area contributed by atoms with Crippen molar-refractivity contribution in [3.05, 3.63) is 32.7 Å². The molecule has 0 aliphatic carbocycles. The van der Waals surface area contributed by atoms with Crippen LogP contribution in [0.15, 0.2) is 10.2 Å². The average molecular weight is 248 g/mol. The van der Waals surface area contributed by atoms with Crippen molar-refractivity contribution in [1.29, 1.82) is 0 Å². The Hall–Kier alpha value is -1.37. The minimum atomic E-state index is -4.59. The molecule has 86 valence electrons. The van der Waals surface area contributed by atoms with E-state index in [1.54, 1.807) is 12.3 Å². The third kappa shape index (κ3) is 1.51. The maximum absolute atomic E-state index is 12.6. The number of hydrogen-bond acceptors (Lipinski definition) is 3. The van der Waals surface area contributed by atoms with E-state index in [-0.39, 0.29) is 10.5 Å². The van der Waals surface area contributed by atoms with E-state index >= 15 is 0 Å². The zero-order valence-electron chi connectivity index (χ0n) is 8.42. The second kappa shape index (κ2) is 3.31. The molecular formula is C9H7F3N2OS. The van der Waals surface area contributed by atoms with Gasteiger partial charge in [-0.3, -0.25) is 9.20 Å². The van der Waals surface area contributed by atoms with Crippen molar-refractivity contribution in [2.24, 2.45) is 0 Å². The molecule has 0 saturated heterocycles. The molecule has 0 atom stereocenters. The Bertz CT molecular complexity index is 611. The quantitative estimate of drug-likeness (QED) is 0.717. The monoisotopic (exact) mass is 248 g/mol. The number of thiazole rings is 1. The first-order chi connectivity index (χ1) is 7.32. The van der Waals surface area contributed by atoms with Crippen molar-refractivity contribution in [1.82, 2.24) is 9.38 Å². The second-order valence-electron chi connectivity index (χ2n) is 3.38. The number of rotatable bonds is 0. The van der Waals surface area contributed by atoms with Crippen LogP contribution in [0.3, 0.4) is 0 Å². The minimum absolute atomic E-state index is 0.0698. The normalized spacial score (nSPS) is 12.3. The maximum atomic E-state index is 12.6. The van der Waals surface area contributed by atoms with Crippen molar-refractivity contribution in [3.8, 4) is 0 Å². The van der Waals surface area contributed by atoms with Crippen molar-refractivity contribution < 1.29 is 13.2 Å². The van der Waals surface area contributed by atoms with Crippen LogP contribution in [0.1, 0.15) is 17.0 Å². The van der Waals surface area contributed by atoms with Crippen LogP contribution in [-0.2, 0) is 6.18 Å². The summed E-state index contributed by atoms with van der Waals surface area (Å²) in [6, 6.07) is 0. The van der Waals surface area contributed by atoms with Gasteiger partial charge < -0.3 is 0 Å². The Morgan fingerprint density at radius 1 is 1.38 bits per heavy atom. The maximum Gasteiger partial charge on any atom is 0.433 e. The fourth-order valence-electron chi connectivity index (χ4n) is 1.44. The summed E-state index contributed by atoms with van der Waals surface area (Å²) in [4.78, 5) is 15.3. The topological polar surface area (TPSA) is 34.4 Å². The number of alkyl halides is 3. The third-order valence-corrected chi connectivity index (χ3v) is 3.18. The number of aromatic nitrogens is 2. The standard InChI is InChI=1S/C9H7F3N2OS/c1-4-3-16-8-13-6(9(10,11)12)5(2)7(15)14(4)8/h3H,1-2H3. The number of aryl methyl sites for hydroxylation is 1. The van der Waals surface area contributed by atoms with Gasteiger partial charge in [0.2, 0.25) is 0 Å². The molecule has 2 aromatic rings. The van der Waals surface area contributed by atoms with Gasteiger partial charge in [-0.05, 0) is 13.8 Å². The summed E-state index contributed by atoms with van der Waals surface area (Å²) in [5.74, 6) is 0. The van der Waals surface area contributed by atoms with E-state index in [1.165, 1.54) is 4.40 Å². The first-order valence-electron chi connectivity index (χ1n) is 4.37. The van der Waals surface area contributed by atoms with Crippen molar-refractivity contribution in [2.75, 3.05) is 0 Å². The molecule has 2 heterocycles. The van der Waals surface area contributed by atoms with E-state index in [4.69, 9.17) is 0 Å². The van der Waals surface area contributed by atoms with Gasteiger partial charge in [0.05, 0.1) is 0 Å². The Labute approximate surface area is 92.2 Å². The SMILES string of the molecule is Cc1c(C(F)(F)F)nc2scc(C)n2c1=O. The highest BCUT2D eigenvalue weighted by Crippen LogP contribution is 2.29. The zero-order valence-corrected chi connectivity index (χ0v) is 9.24. The predicted octanol–water partition coefficient (Wildman–Crippen LogP) is 2.39. The molecule has 0 fully saturated rings. The van der Waals surface area contributed by atoms with Crippen molar-refractivity contribution in [3.63, 3.8) is 0 Å². The fourth-order valence-corrected chi connectivity index (χ4v) is 2.30. The summed E-state index contributed by atoms with van der Waals surface area (Å²) in [5.41, 5.74) is -1.53. The van der Waals surface area contributed by atoms with Crippen LogP contribution in [0.4, 0.5) is 13.2 Å². The van der Waals surface area contributed by atoms with Crippen LogP contribution in [-0.4, -0.2) is 9.38 Å². The summed E-state index contributed by atoms with van der Waals surface area (Å²) < 4.78 is 38.9. The Morgan fingerprint density at radius 3 is 2.56 bits per heavy atom. The summed E-state index contributed by atoms with van der Waals surface area (Å²) in [6.07, 6.45) is -4.59. The molecule has 0 saturated carbocycles. The Balaban J connectivity index is 2.92. The molecule has 0 unspecified atom stereocenters. The number of hydrogen-bond donors (Lipinski definition) is 0. The molecule has 0 aromatic carbocycles. The van der Waals surface area contributed by atoms with E-state index in [2.05, 4.69) is 4.98 Å². The van der Waals surface area contributed by atoms with Gasteiger partial charge in [0.25, 0.3) is 5.56 Å². The molecule has 2 aromatic heterocycles. The van der Waals surface area contributed by atoms with E-state index in [0.29, 0.717) is 5.69 Å². The first kappa shape index (κ1) is 11.1. The summed E-state index contributed by atoms with van der Waals surface area (Å²) in [7, 11) is 0. The molecule has 0 bridgehead atoms. The molecule has 3 nitrogen and oxygen atoms in total. The minimum Gasteiger partial charge on any atom is -0.269 e. The van der Waals surface area contributed by atoms with Gasteiger partial charge in [-0.25, -0.2) is 4.98 Å². The van der Waals surface area contributed by atoms with E-state index in [9.17, 15) is 18.0 Å². The van der Waals surface area contributed by atoms with Crippen LogP contribution in [0.25, 0.3) is 4.96 Å².